The molecule has 0 amide bonds. The molecular weight excluding hydrogens is 640 g/mol. The van der Waals surface area contributed by atoms with Crippen LogP contribution in [0.1, 0.15) is 0 Å². The summed E-state index contributed by atoms with van der Waals surface area (Å²) < 4.78 is 37.3. The summed E-state index contributed by atoms with van der Waals surface area (Å²) in [7, 11) is 0. The molecule has 0 spiro atoms. The normalized spacial score (nSPS) is 51.6. The molecule has 4 aliphatic heterocycles. The minimum Gasteiger partial charge on any atom is -0.394 e. The SMILES string of the molecule is OC[C@@H]1O[C@@H](O[C@H]2[C@H](O)[C@@H](O)[C@H](O[C@H]3[C@H](O)[C@@H](O)[C@H](O[C@H]4[C@H](O)[C@@H](O)C(O)(O)O[C@H]4CO)O[C@H]3CO)O[C@H]2CO)[C@@H](O)[C@H](O)[C@H]1O. The van der Waals surface area contributed by atoms with Gasteiger partial charge in [0.1, 0.15) is 91.6 Å². The summed E-state index contributed by atoms with van der Waals surface area (Å²) in [6.45, 7) is -3.64. The second-order valence-corrected chi connectivity index (χ2v) is 11.3. The van der Waals surface area contributed by atoms with Crippen molar-refractivity contribution in [3.8, 4) is 0 Å². The lowest BCUT2D eigenvalue weighted by Crippen LogP contribution is -2.69. The van der Waals surface area contributed by atoms with Gasteiger partial charge in [0.2, 0.25) is 0 Å². The van der Waals surface area contributed by atoms with Crippen LogP contribution >= 0.6 is 0 Å². The number of aliphatic hydroxyl groups is 15. The summed E-state index contributed by atoms with van der Waals surface area (Å²) in [4.78, 5) is 0. The van der Waals surface area contributed by atoms with E-state index in [1.807, 2.05) is 0 Å². The molecular formula is C24H42O22. The van der Waals surface area contributed by atoms with E-state index in [0.29, 0.717) is 0 Å². The fourth-order valence-corrected chi connectivity index (χ4v) is 5.60. The quantitative estimate of drug-likeness (QED) is 0.0951. The third-order valence-corrected chi connectivity index (χ3v) is 8.28. The number of hydrogen-bond donors (Lipinski definition) is 15. The highest BCUT2D eigenvalue weighted by molar-refractivity contribution is 4.98. The van der Waals surface area contributed by atoms with Gasteiger partial charge in [-0.1, -0.05) is 0 Å². The van der Waals surface area contributed by atoms with Gasteiger partial charge in [-0.3, -0.25) is 0 Å². The van der Waals surface area contributed by atoms with Crippen molar-refractivity contribution < 1.29 is 110 Å². The van der Waals surface area contributed by atoms with Crippen molar-refractivity contribution in [1.29, 1.82) is 0 Å². The van der Waals surface area contributed by atoms with Crippen molar-refractivity contribution in [3.63, 3.8) is 0 Å². The zero-order valence-electron chi connectivity index (χ0n) is 23.9. The first-order valence-corrected chi connectivity index (χ1v) is 14.2. The average Bonchev–Trinajstić information content (AvgIpc) is 3.03. The van der Waals surface area contributed by atoms with Crippen LogP contribution in [0.25, 0.3) is 0 Å². The maximum absolute atomic E-state index is 10.9. The van der Waals surface area contributed by atoms with Crippen molar-refractivity contribution in [2.24, 2.45) is 0 Å². The summed E-state index contributed by atoms with van der Waals surface area (Å²) in [5.74, 6) is -3.28. The Morgan fingerprint density at radius 3 is 1.15 bits per heavy atom. The van der Waals surface area contributed by atoms with Crippen LogP contribution in [0, 0.1) is 0 Å². The van der Waals surface area contributed by atoms with Gasteiger partial charge in [-0.05, 0) is 0 Å². The van der Waals surface area contributed by atoms with Crippen LogP contribution in [-0.4, -0.2) is 226 Å². The maximum atomic E-state index is 10.9. The summed E-state index contributed by atoms with van der Waals surface area (Å²) in [6, 6.07) is 0. The third kappa shape index (κ3) is 7.34. The Hall–Kier alpha value is -0.880. The lowest BCUT2D eigenvalue weighted by Gasteiger charge is -2.49. The molecule has 0 aliphatic carbocycles. The molecule has 4 rings (SSSR count). The Morgan fingerprint density at radius 1 is 0.413 bits per heavy atom. The molecule has 4 heterocycles. The van der Waals surface area contributed by atoms with Crippen LogP contribution in [0.5, 0.6) is 0 Å². The summed E-state index contributed by atoms with van der Waals surface area (Å²) in [5.41, 5.74) is 0. The van der Waals surface area contributed by atoms with Crippen LogP contribution < -0.4 is 0 Å². The van der Waals surface area contributed by atoms with Crippen molar-refractivity contribution in [1.82, 2.24) is 0 Å². The van der Waals surface area contributed by atoms with E-state index in [4.69, 9.17) is 33.2 Å². The standard InChI is InChI=1S/C24H42O22/c25-1-5-9(29)10(30)13(33)21(40-5)43-17-6(2-26)41-22(14(34)11(17)31)44-18-7(3-27)42-23(15(35)12(18)32)45-19-8(4-28)46-24(38,39)20(37)16(19)36/h5-23,25-39H,1-4H2/t5-,6-,7-,8-,9-,10+,11+,12+,13-,14+,15+,16-,17+,18+,19+,20+,21-,22-,23-/m0/s1. The van der Waals surface area contributed by atoms with E-state index >= 15 is 0 Å². The fourth-order valence-electron chi connectivity index (χ4n) is 5.60. The monoisotopic (exact) mass is 682 g/mol. The number of hydrogen-bond acceptors (Lipinski definition) is 22. The molecule has 0 radical (unpaired) electrons. The highest BCUT2D eigenvalue weighted by atomic mass is 16.8. The number of ether oxygens (including phenoxy) is 7. The van der Waals surface area contributed by atoms with E-state index in [2.05, 4.69) is 0 Å². The smallest absolute Gasteiger partial charge is 0.308 e. The molecule has 270 valence electrons. The molecule has 22 heteroatoms. The van der Waals surface area contributed by atoms with Crippen molar-refractivity contribution in [2.45, 2.75) is 123 Å². The zero-order chi connectivity index (χ0) is 34.2. The molecule has 0 aromatic heterocycles. The van der Waals surface area contributed by atoms with E-state index in [0.717, 1.165) is 0 Å². The lowest BCUT2D eigenvalue weighted by molar-refractivity contribution is -0.447. The Morgan fingerprint density at radius 2 is 0.761 bits per heavy atom. The Balaban J connectivity index is 1.44. The number of rotatable bonds is 10. The van der Waals surface area contributed by atoms with Gasteiger partial charge in [-0.2, -0.15) is 0 Å². The minimum atomic E-state index is -3.28. The predicted octanol–water partition coefficient (Wildman–Crippen LogP) is -10.4. The summed E-state index contributed by atoms with van der Waals surface area (Å²) >= 11 is 0. The summed E-state index contributed by atoms with van der Waals surface area (Å²) in [6.07, 6.45) is -35.2. The van der Waals surface area contributed by atoms with E-state index < -0.39 is 149 Å². The van der Waals surface area contributed by atoms with Crippen LogP contribution in [0.15, 0.2) is 0 Å². The molecule has 0 bridgehead atoms. The summed E-state index contributed by atoms with van der Waals surface area (Å²) in [5, 5.41) is 152. The molecule has 0 unspecified atom stereocenters. The van der Waals surface area contributed by atoms with E-state index in [-0.39, 0.29) is 0 Å². The molecule has 22 nitrogen and oxygen atoms in total. The van der Waals surface area contributed by atoms with Gasteiger partial charge in [0, 0.05) is 0 Å². The second-order valence-electron chi connectivity index (χ2n) is 11.3. The molecule has 4 saturated heterocycles. The molecule has 46 heavy (non-hydrogen) atoms. The van der Waals surface area contributed by atoms with Crippen molar-refractivity contribution in [2.75, 3.05) is 26.4 Å². The topological polar surface area (TPSA) is 368 Å². The third-order valence-electron chi connectivity index (χ3n) is 8.28. The average molecular weight is 683 g/mol. The molecule has 19 atom stereocenters. The van der Waals surface area contributed by atoms with Gasteiger partial charge in [0.15, 0.2) is 25.0 Å². The van der Waals surface area contributed by atoms with Crippen molar-refractivity contribution >= 4 is 0 Å². The van der Waals surface area contributed by atoms with Gasteiger partial charge in [-0.25, -0.2) is 0 Å². The Kier molecular flexibility index (Phi) is 12.7. The highest BCUT2D eigenvalue weighted by Crippen LogP contribution is 2.35. The largest absolute Gasteiger partial charge is 0.394 e. The van der Waals surface area contributed by atoms with Crippen LogP contribution in [0.3, 0.4) is 0 Å². The van der Waals surface area contributed by atoms with E-state index in [1.54, 1.807) is 0 Å². The Labute approximate surface area is 259 Å². The molecule has 0 aromatic carbocycles. The fraction of sp³-hybridized carbons (Fsp3) is 1.00. The second kappa shape index (κ2) is 15.3. The van der Waals surface area contributed by atoms with Gasteiger partial charge < -0.3 is 110 Å². The number of aliphatic hydroxyl groups excluding tert-OH is 13. The van der Waals surface area contributed by atoms with Gasteiger partial charge in [0.05, 0.1) is 26.4 Å². The van der Waals surface area contributed by atoms with Gasteiger partial charge in [0.25, 0.3) is 0 Å². The molecule has 4 aliphatic rings. The highest BCUT2D eigenvalue weighted by Gasteiger charge is 2.57. The maximum Gasteiger partial charge on any atom is 0.308 e. The molecule has 0 aromatic rings. The Bertz CT molecular complexity index is 953. The molecule has 4 fully saturated rings. The van der Waals surface area contributed by atoms with Crippen LogP contribution in [-0.2, 0) is 33.2 Å². The predicted molar refractivity (Wildman–Crippen MR) is 135 cm³/mol. The van der Waals surface area contributed by atoms with Gasteiger partial charge in [-0.15, -0.1) is 0 Å². The minimum absolute atomic E-state index is 0.795. The molecule has 0 saturated carbocycles. The van der Waals surface area contributed by atoms with Crippen molar-refractivity contribution in [3.05, 3.63) is 0 Å². The first kappa shape index (κ1) is 37.9. The van der Waals surface area contributed by atoms with Crippen LogP contribution in [0.2, 0.25) is 0 Å². The van der Waals surface area contributed by atoms with E-state index in [1.165, 1.54) is 0 Å². The zero-order valence-corrected chi connectivity index (χ0v) is 23.9. The molecule has 15 N–H and O–H groups in total. The lowest BCUT2D eigenvalue weighted by atomic mass is 9.95. The van der Waals surface area contributed by atoms with E-state index in [9.17, 15) is 76.6 Å². The van der Waals surface area contributed by atoms with Gasteiger partial charge >= 0.3 is 5.97 Å². The first-order valence-electron chi connectivity index (χ1n) is 14.2. The first-order chi connectivity index (χ1) is 21.6. The van der Waals surface area contributed by atoms with Crippen LogP contribution in [0.4, 0.5) is 0 Å².